The van der Waals surface area contributed by atoms with E-state index in [0.29, 0.717) is 5.41 Å². The molecule has 25 heavy (non-hydrogen) atoms. The molecule has 138 valence electrons. The number of benzene rings is 1. The zero-order valence-corrected chi connectivity index (χ0v) is 17.3. The molecule has 2 bridgehead atoms. The average Bonchev–Trinajstić information content (AvgIpc) is 2.59. The quantitative estimate of drug-likeness (QED) is 0.630. The molecular formula is C23H35NS. The summed E-state index contributed by atoms with van der Waals surface area (Å²) in [6, 6.07) is 11.2. The molecule has 0 aromatic heterocycles. The van der Waals surface area contributed by atoms with Gasteiger partial charge in [0.1, 0.15) is 0 Å². The third-order valence-electron chi connectivity index (χ3n) is 7.91. The molecule has 0 aliphatic heterocycles. The molecule has 0 spiro atoms. The van der Waals surface area contributed by atoms with Crippen molar-refractivity contribution in [2.45, 2.75) is 78.1 Å². The van der Waals surface area contributed by atoms with Crippen molar-refractivity contribution in [2.24, 2.45) is 28.4 Å². The van der Waals surface area contributed by atoms with Crippen molar-refractivity contribution in [1.29, 1.82) is 0 Å². The van der Waals surface area contributed by atoms with Crippen LogP contribution in [0.2, 0.25) is 0 Å². The summed E-state index contributed by atoms with van der Waals surface area (Å²) in [7, 11) is 0. The lowest BCUT2D eigenvalue weighted by Crippen LogP contribution is -2.57. The molecule has 0 radical (unpaired) electrons. The zero-order chi connectivity index (χ0) is 18.3. The lowest BCUT2D eigenvalue weighted by Gasteiger charge is -2.62. The van der Waals surface area contributed by atoms with Crippen LogP contribution in [0.4, 0.5) is 0 Å². The summed E-state index contributed by atoms with van der Waals surface area (Å²) in [4.78, 5) is 0.730. The van der Waals surface area contributed by atoms with Gasteiger partial charge in [0.15, 0.2) is 0 Å². The standard InChI is InChI=1S/C23H35NS/c1-5-12-23(6-2)17(3)13-22(18-10-8-7-9-11-18)15-19(23)14-21(4,16-22)20(24)25/h7-11,17,19H,5-6,12-16H2,1-4H3,(H2,24,25). The number of hydrogen-bond acceptors (Lipinski definition) is 1. The number of hydrogen-bond donors (Lipinski definition) is 1. The van der Waals surface area contributed by atoms with E-state index in [0.717, 1.165) is 23.2 Å². The van der Waals surface area contributed by atoms with Crippen LogP contribution in [0.25, 0.3) is 0 Å². The van der Waals surface area contributed by atoms with Gasteiger partial charge in [-0.3, -0.25) is 0 Å². The lowest BCUT2D eigenvalue weighted by atomic mass is 9.42. The average molecular weight is 358 g/mol. The third-order valence-corrected chi connectivity index (χ3v) is 8.40. The van der Waals surface area contributed by atoms with E-state index in [1.165, 1.54) is 44.1 Å². The van der Waals surface area contributed by atoms with Gasteiger partial charge in [-0.2, -0.15) is 0 Å². The Morgan fingerprint density at radius 3 is 2.40 bits per heavy atom. The third kappa shape index (κ3) is 2.95. The fourth-order valence-corrected chi connectivity index (χ4v) is 6.94. The van der Waals surface area contributed by atoms with E-state index in [-0.39, 0.29) is 10.8 Å². The summed E-state index contributed by atoms with van der Waals surface area (Å²) >= 11 is 5.59. The predicted octanol–water partition coefficient (Wildman–Crippen LogP) is 6.25. The Hall–Kier alpha value is -0.890. The molecule has 2 heteroatoms. The minimum Gasteiger partial charge on any atom is -0.393 e. The van der Waals surface area contributed by atoms with Crippen LogP contribution in [0.15, 0.2) is 30.3 Å². The number of nitrogens with two attached hydrogens (primary N) is 1. The lowest BCUT2D eigenvalue weighted by molar-refractivity contribution is -0.0755. The van der Waals surface area contributed by atoms with Gasteiger partial charge in [-0.25, -0.2) is 0 Å². The van der Waals surface area contributed by atoms with Gasteiger partial charge in [-0.15, -0.1) is 0 Å². The Bertz CT molecular complexity index is 622. The summed E-state index contributed by atoms with van der Waals surface area (Å²) in [6.07, 6.45) is 8.78. The summed E-state index contributed by atoms with van der Waals surface area (Å²) in [6.45, 7) is 9.61. The Balaban J connectivity index is 2.10. The second-order valence-electron chi connectivity index (χ2n) is 9.30. The van der Waals surface area contributed by atoms with Gasteiger partial charge in [-0.05, 0) is 66.8 Å². The van der Waals surface area contributed by atoms with Crippen molar-refractivity contribution in [3.8, 4) is 0 Å². The molecule has 3 rings (SSSR count). The molecule has 1 aromatic carbocycles. The van der Waals surface area contributed by atoms with Crippen LogP contribution in [0, 0.1) is 22.7 Å². The maximum atomic E-state index is 6.31. The summed E-state index contributed by atoms with van der Waals surface area (Å²) < 4.78 is 0. The predicted molar refractivity (Wildman–Crippen MR) is 112 cm³/mol. The molecule has 2 fully saturated rings. The zero-order valence-electron chi connectivity index (χ0n) is 16.5. The van der Waals surface area contributed by atoms with Crippen LogP contribution in [0.5, 0.6) is 0 Å². The summed E-state index contributed by atoms with van der Waals surface area (Å²) in [5.74, 6) is 1.48. The van der Waals surface area contributed by atoms with E-state index in [2.05, 4.69) is 58.0 Å². The molecule has 5 unspecified atom stereocenters. The topological polar surface area (TPSA) is 26.0 Å². The van der Waals surface area contributed by atoms with E-state index < -0.39 is 0 Å². The molecular weight excluding hydrogens is 322 g/mol. The number of rotatable bonds is 5. The van der Waals surface area contributed by atoms with Crippen molar-refractivity contribution in [1.82, 2.24) is 0 Å². The summed E-state index contributed by atoms with van der Waals surface area (Å²) in [5, 5.41) is 0. The van der Waals surface area contributed by atoms with Gasteiger partial charge < -0.3 is 5.73 Å². The van der Waals surface area contributed by atoms with Gasteiger partial charge >= 0.3 is 0 Å². The fourth-order valence-electron chi connectivity index (χ4n) is 6.78. The first-order valence-electron chi connectivity index (χ1n) is 10.2. The van der Waals surface area contributed by atoms with Crippen LogP contribution in [-0.2, 0) is 5.41 Å². The van der Waals surface area contributed by atoms with Crippen LogP contribution in [-0.4, -0.2) is 4.99 Å². The van der Waals surface area contributed by atoms with Crippen LogP contribution < -0.4 is 5.73 Å². The van der Waals surface area contributed by atoms with Crippen LogP contribution >= 0.6 is 12.2 Å². The monoisotopic (exact) mass is 357 g/mol. The summed E-state index contributed by atoms with van der Waals surface area (Å²) in [5.41, 5.74) is 8.51. The maximum Gasteiger partial charge on any atom is 0.0787 e. The highest BCUT2D eigenvalue weighted by Crippen LogP contribution is 2.65. The molecule has 0 heterocycles. The van der Waals surface area contributed by atoms with Crippen molar-refractivity contribution in [3.05, 3.63) is 35.9 Å². The van der Waals surface area contributed by atoms with Crippen LogP contribution in [0.3, 0.4) is 0 Å². The minimum atomic E-state index is -0.0115. The molecule has 0 saturated heterocycles. The Labute approximate surface area is 159 Å². The second-order valence-corrected chi connectivity index (χ2v) is 9.73. The van der Waals surface area contributed by atoms with Crippen molar-refractivity contribution >= 4 is 17.2 Å². The highest BCUT2D eigenvalue weighted by molar-refractivity contribution is 7.80. The van der Waals surface area contributed by atoms with Gasteiger partial charge in [-0.1, -0.05) is 76.7 Å². The Morgan fingerprint density at radius 1 is 1.16 bits per heavy atom. The van der Waals surface area contributed by atoms with Crippen molar-refractivity contribution < 1.29 is 0 Å². The fraction of sp³-hybridized carbons (Fsp3) is 0.696. The first-order chi connectivity index (χ1) is 11.8. The Kier molecular flexibility index (Phi) is 5.05. The molecule has 1 nitrogen and oxygen atoms in total. The molecule has 2 aliphatic carbocycles. The molecule has 1 aromatic rings. The van der Waals surface area contributed by atoms with Gasteiger partial charge in [0, 0.05) is 5.41 Å². The smallest absolute Gasteiger partial charge is 0.0787 e. The molecule has 2 N–H and O–H groups in total. The van der Waals surface area contributed by atoms with Crippen molar-refractivity contribution in [2.75, 3.05) is 0 Å². The Morgan fingerprint density at radius 2 is 1.84 bits per heavy atom. The highest BCUT2D eigenvalue weighted by Gasteiger charge is 2.59. The normalized spacial score (nSPS) is 40.6. The number of thiocarbonyl (C=S) groups is 1. The van der Waals surface area contributed by atoms with Gasteiger partial charge in [0.2, 0.25) is 0 Å². The van der Waals surface area contributed by atoms with Gasteiger partial charge in [0.05, 0.1) is 4.99 Å². The SMILES string of the molecule is CCCC1(CC)C(C)CC2(c3ccccc3)CC1CC(C)(C(N)=S)C2. The largest absolute Gasteiger partial charge is 0.393 e. The molecule has 2 saturated carbocycles. The van der Waals surface area contributed by atoms with E-state index in [4.69, 9.17) is 18.0 Å². The molecule has 5 atom stereocenters. The van der Waals surface area contributed by atoms with E-state index >= 15 is 0 Å². The minimum absolute atomic E-state index is 0.0115. The van der Waals surface area contributed by atoms with E-state index in [9.17, 15) is 0 Å². The van der Waals surface area contributed by atoms with Gasteiger partial charge in [0.25, 0.3) is 0 Å². The van der Waals surface area contributed by atoms with Crippen LogP contribution in [0.1, 0.15) is 78.2 Å². The molecule has 2 aliphatic rings. The first kappa shape index (κ1) is 18.9. The van der Waals surface area contributed by atoms with E-state index in [1.54, 1.807) is 0 Å². The van der Waals surface area contributed by atoms with Crippen molar-refractivity contribution in [3.63, 3.8) is 0 Å². The highest BCUT2D eigenvalue weighted by atomic mass is 32.1. The second kappa shape index (κ2) is 6.68. The first-order valence-corrected chi connectivity index (χ1v) is 10.6. The van der Waals surface area contributed by atoms with E-state index in [1.807, 2.05) is 0 Å². The number of fused-ring (bicyclic) bond motifs is 2. The maximum absolute atomic E-state index is 6.31. The molecule has 0 amide bonds.